The van der Waals surface area contributed by atoms with Gasteiger partial charge in [0.25, 0.3) is 11.8 Å². The monoisotopic (exact) mass is 442 g/mol. The number of anilines is 2. The van der Waals surface area contributed by atoms with Gasteiger partial charge in [0.1, 0.15) is 11.5 Å². The van der Waals surface area contributed by atoms with Gasteiger partial charge in [-0.1, -0.05) is 29.8 Å². The number of aryl methyl sites for hydroxylation is 1. The van der Waals surface area contributed by atoms with Gasteiger partial charge in [-0.25, -0.2) is 18.1 Å². The number of carbonyl (C=O) groups is 2. The molecule has 2 amide bonds. The summed E-state index contributed by atoms with van der Waals surface area (Å²) in [5.74, 6) is -4.05. The molecule has 0 aromatic heterocycles. The molecule has 0 radical (unpaired) electrons. The van der Waals surface area contributed by atoms with E-state index in [2.05, 4.69) is 5.32 Å². The lowest BCUT2D eigenvalue weighted by molar-refractivity contribution is -0.120. The fourth-order valence-electron chi connectivity index (χ4n) is 3.29. The van der Waals surface area contributed by atoms with E-state index in [1.807, 2.05) is 0 Å². The van der Waals surface area contributed by atoms with Crippen molar-refractivity contribution in [3.05, 3.63) is 100.0 Å². The molecule has 3 aromatic carbocycles. The Morgan fingerprint density at radius 1 is 0.839 bits per heavy atom. The van der Waals surface area contributed by atoms with Crippen molar-refractivity contribution >= 4 is 40.4 Å². The lowest BCUT2D eigenvalue weighted by Gasteiger charge is -2.18. The first-order valence-electron chi connectivity index (χ1n) is 9.13. The van der Waals surface area contributed by atoms with E-state index >= 15 is 0 Å². The molecule has 0 fully saturated rings. The van der Waals surface area contributed by atoms with Crippen LogP contribution in [-0.2, 0) is 9.59 Å². The van der Waals surface area contributed by atoms with Gasteiger partial charge in [0.2, 0.25) is 0 Å². The second-order valence-electron chi connectivity index (χ2n) is 6.89. The molecule has 1 N–H and O–H groups in total. The molecule has 0 atom stereocenters. The van der Waals surface area contributed by atoms with Crippen LogP contribution in [0.2, 0.25) is 5.02 Å². The highest BCUT2D eigenvalue weighted by Gasteiger charge is 2.41. The Hall–Kier alpha value is -3.58. The third-order valence-corrected chi connectivity index (χ3v) is 5.05. The molecule has 1 heterocycles. The van der Waals surface area contributed by atoms with Crippen molar-refractivity contribution in [3.8, 4) is 0 Å². The van der Waals surface area contributed by atoms with Crippen LogP contribution >= 0.6 is 11.6 Å². The van der Waals surface area contributed by atoms with Crippen molar-refractivity contribution < 1.29 is 22.8 Å². The van der Waals surface area contributed by atoms with Crippen LogP contribution in [0, 0.1) is 24.4 Å². The third kappa shape index (κ3) is 3.80. The summed E-state index contributed by atoms with van der Waals surface area (Å²) in [4.78, 5) is 27.6. The third-order valence-electron chi connectivity index (χ3n) is 4.82. The van der Waals surface area contributed by atoms with E-state index in [0.29, 0.717) is 10.6 Å². The summed E-state index contributed by atoms with van der Waals surface area (Å²) in [6.07, 6.45) is 0. The fraction of sp³-hybridized carbons (Fsp3) is 0.0435. The van der Waals surface area contributed by atoms with Crippen LogP contribution in [0.4, 0.5) is 24.5 Å². The number of benzene rings is 3. The molecular formula is C23H14ClF3N2O2. The minimum absolute atomic E-state index is 0.0332. The van der Waals surface area contributed by atoms with E-state index in [9.17, 15) is 22.8 Å². The van der Waals surface area contributed by atoms with Crippen LogP contribution in [0.3, 0.4) is 0 Å². The molecule has 1 aliphatic heterocycles. The maximum Gasteiger partial charge on any atom is 0.282 e. The number of amides is 2. The Balaban J connectivity index is 1.85. The van der Waals surface area contributed by atoms with Crippen molar-refractivity contribution in [2.75, 3.05) is 10.2 Å². The Labute approximate surface area is 180 Å². The van der Waals surface area contributed by atoms with E-state index in [-0.39, 0.29) is 28.2 Å². The molecule has 0 aliphatic carbocycles. The highest BCUT2D eigenvalue weighted by molar-refractivity contribution is 6.46. The molecule has 0 spiro atoms. The molecule has 0 saturated carbocycles. The van der Waals surface area contributed by atoms with Crippen LogP contribution < -0.4 is 10.2 Å². The quantitative estimate of drug-likeness (QED) is 0.546. The molecule has 4 rings (SSSR count). The average molecular weight is 443 g/mol. The second kappa shape index (κ2) is 7.92. The zero-order chi connectivity index (χ0) is 22.3. The SMILES string of the molecule is Cc1ccc(Cl)cc1N1C(=O)C(Nc2ccc(F)c(F)c2)=C(c2ccc(F)cc2)C1=O. The van der Waals surface area contributed by atoms with Crippen LogP contribution in [0.25, 0.3) is 5.57 Å². The number of hydrogen-bond acceptors (Lipinski definition) is 3. The lowest BCUT2D eigenvalue weighted by Crippen LogP contribution is -2.33. The number of nitrogens with one attached hydrogen (secondary N) is 1. The van der Waals surface area contributed by atoms with Gasteiger partial charge >= 0.3 is 0 Å². The molecule has 3 aromatic rings. The van der Waals surface area contributed by atoms with Crippen molar-refractivity contribution in [3.63, 3.8) is 0 Å². The van der Waals surface area contributed by atoms with Crippen LogP contribution in [-0.4, -0.2) is 11.8 Å². The number of hydrogen-bond donors (Lipinski definition) is 1. The number of carbonyl (C=O) groups excluding carboxylic acids is 2. The molecular weight excluding hydrogens is 429 g/mol. The predicted molar refractivity (Wildman–Crippen MR) is 112 cm³/mol. The standard InChI is InChI=1S/C23H14ClF3N2O2/c1-12-2-5-14(24)10-19(12)29-22(30)20(13-3-6-15(25)7-4-13)21(23(29)31)28-16-8-9-17(26)18(27)11-16/h2-11,28H,1H3. The minimum atomic E-state index is -1.12. The first-order valence-corrected chi connectivity index (χ1v) is 9.51. The highest BCUT2D eigenvalue weighted by Crippen LogP contribution is 2.36. The van der Waals surface area contributed by atoms with Gasteiger partial charge in [0.15, 0.2) is 11.6 Å². The molecule has 4 nitrogen and oxygen atoms in total. The molecule has 156 valence electrons. The van der Waals surface area contributed by atoms with E-state index in [1.165, 1.54) is 24.3 Å². The Morgan fingerprint density at radius 2 is 1.55 bits per heavy atom. The fourth-order valence-corrected chi connectivity index (χ4v) is 3.46. The molecule has 1 aliphatic rings. The Kier molecular flexibility index (Phi) is 5.29. The number of halogens is 4. The second-order valence-corrected chi connectivity index (χ2v) is 7.32. The van der Waals surface area contributed by atoms with Crippen LogP contribution in [0.15, 0.2) is 66.4 Å². The highest BCUT2D eigenvalue weighted by atomic mass is 35.5. The number of imide groups is 1. The van der Waals surface area contributed by atoms with Crippen molar-refractivity contribution in [1.82, 2.24) is 0 Å². The Morgan fingerprint density at radius 3 is 2.23 bits per heavy atom. The van der Waals surface area contributed by atoms with Crippen molar-refractivity contribution in [1.29, 1.82) is 0 Å². The van der Waals surface area contributed by atoms with Crippen LogP contribution in [0.1, 0.15) is 11.1 Å². The summed E-state index contributed by atoms with van der Waals surface area (Å²) in [6.45, 7) is 1.71. The smallest absolute Gasteiger partial charge is 0.282 e. The molecule has 8 heteroatoms. The van der Waals surface area contributed by atoms with Crippen LogP contribution in [0.5, 0.6) is 0 Å². The van der Waals surface area contributed by atoms with Gasteiger partial charge in [-0.15, -0.1) is 0 Å². The first kappa shape index (κ1) is 20.7. The van der Waals surface area contributed by atoms with Gasteiger partial charge in [-0.3, -0.25) is 9.59 Å². The van der Waals surface area contributed by atoms with E-state index in [4.69, 9.17) is 11.6 Å². The summed E-state index contributed by atoms with van der Waals surface area (Å²) >= 11 is 6.06. The molecule has 0 unspecified atom stereocenters. The molecule has 0 bridgehead atoms. The molecule has 0 saturated heterocycles. The van der Waals surface area contributed by atoms with Gasteiger partial charge in [0.05, 0.1) is 11.3 Å². The van der Waals surface area contributed by atoms with Gasteiger partial charge < -0.3 is 5.32 Å². The zero-order valence-electron chi connectivity index (χ0n) is 16.0. The van der Waals surface area contributed by atoms with Crippen molar-refractivity contribution in [2.24, 2.45) is 0 Å². The zero-order valence-corrected chi connectivity index (χ0v) is 16.8. The summed E-state index contributed by atoms with van der Waals surface area (Å²) in [6, 6.07) is 12.8. The van der Waals surface area contributed by atoms with E-state index in [1.54, 1.807) is 19.1 Å². The van der Waals surface area contributed by atoms with Gasteiger partial charge in [0, 0.05) is 16.8 Å². The normalized spacial score (nSPS) is 13.9. The number of nitrogens with zero attached hydrogens (tertiary/aromatic N) is 1. The van der Waals surface area contributed by atoms with E-state index < -0.39 is 29.3 Å². The Bertz CT molecular complexity index is 1260. The first-order chi connectivity index (χ1) is 14.8. The molecule has 31 heavy (non-hydrogen) atoms. The largest absolute Gasteiger partial charge is 0.350 e. The lowest BCUT2D eigenvalue weighted by atomic mass is 10.0. The number of rotatable bonds is 4. The topological polar surface area (TPSA) is 49.4 Å². The average Bonchev–Trinajstić information content (AvgIpc) is 2.97. The summed E-state index contributed by atoms with van der Waals surface area (Å²) in [7, 11) is 0. The van der Waals surface area contributed by atoms with Gasteiger partial charge in [-0.2, -0.15) is 0 Å². The summed E-state index contributed by atoms with van der Waals surface area (Å²) in [5.41, 5.74) is 1.07. The maximum absolute atomic E-state index is 13.7. The summed E-state index contributed by atoms with van der Waals surface area (Å²) in [5, 5.41) is 3.05. The minimum Gasteiger partial charge on any atom is -0.350 e. The van der Waals surface area contributed by atoms with Gasteiger partial charge in [-0.05, 0) is 54.4 Å². The van der Waals surface area contributed by atoms with E-state index in [0.717, 1.165) is 29.2 Å². The maximum atomic E-state index is 13.7. The predicted octanol–water partition coefficient (Wildman–Crippen LogP) is 5.46. The summed E-state index contributed by atoms with van der Waals surface area (Å²) < 4.78 is 40.4. The van der Waals surface area contributed by atoms with Crippen molar-refractivity contribution in [2.45, 2.75) is 6.92 Å².